The summed E-state index contributed by atoms with van der Waals surface area (Å²) in [6.45, 7) is 1.87. The van der Waals surface area contributed by atoms with Gasteiger partial charge in [0.25, 0.3) is 0 Å². The Morgan fingerprint density at radius 2 is 2.00 bits per heavy atom. The van der Waals surface area contributed by atoms with Gasteiger partial charge in [-0.25, -0.2) is 9.18 Å². The average molecular weight is 299 g/mol. The quantitative estimate of drug-likeness (QED) is 0.724. The molecule has 0 spiro atoms. The molecule has 6 heteroatoms. The van der Waals surface area contributed by atoms with Crippen molar-refractivity contribution in [1.82, 2.24) is 5.32 Å². The molecule has 0 fully saturated rings. The molecule has 0 aromatic heterocycles. The molecule has 1 atom stereocenters. The second kappa shape index (κ2) is 8.58. The Hall–Kier alpha value is -1.56. The SMILES string of the molecule is CCC[C@H](NC(=O)CCSc1ccc(F)cc1)C(=O)O. The number of carbonyl (C=O) groups excluding carboxylic acids is 1. The predicted molar refractivity (Wildman–Crippen MR) is 76.2 cm³/mol. The zero-order valence-electron chi connectivity index (χ0n) is 11.3. The molecule has 0 saturated heterocycles. The highest BCUT2D eigenvalue weighted by atomic mass is 32.2. The van der Waals surface area contributed by atoms with Gasteiger partial charge in [0, 0.05) is 17.1 Å². The molecule has 1 aromatic rings. The minimum atomic E-state index is -1.01. The van der Waals surface area contributed by atoms with E-state index in [1.165, 1.54) is 23.9 Å². The van der Waals surface area contributed by atoms with Crippen LogP contribution in [0.4, 0.5) is 4.39 Å². The monoisotopic (exact) mass is 299 g/mol. The normalized spacial score (nSPS) is 11.9. The van der Waals surface area contributed by atoms with E-state index >= 15 is 0 Å². The Balaban J connectivity index is 2.32. The van der Waals surface area contributed by atoms with E-state index in [1.807, 2.05) is 6.92 Å². The zero-order valence-corrected chi connectivity index (χ0v) is 12.1. The average Bonchev–Trinajstić information content (AvgIpc) is 2.40. The van der Waals surface area contributed by atoms with Crippen LogP contribution in [-0.4, -0.2) is 28.8 Å². The number of nitrogens with one attached hydrogen (secondary N) is 1. The van der Waals surface area contributed by atoms with Crippen molar-refractivity contribution in [3.8, 4) is 0 Å². The van der Waals surface area contributed by atoms with Crippen LogP contribution in [0.2, 0.25) is 0 Å². The summed E-state index contributed by atoms with van der Waals surface area (Å²) in [6, 6.07) is 5.21. The first-order valence-corrected chi connectivity index (χ1v) is 7.42. The number of hydrogen-bond acceptors (Lipinski definition) is 3. The van der Waals surface area contributed by atoms with Gasteiger partial charge in [0.1, 0.15) is 11.9 Å². The fourth-order valence-electron chi connectivity index (χ4n) is 1.60. The van der Waals surface area contributed by atoms with E-state index in [-0.39, 0.29) is 18.1 Å². The van der Waals surface area contributed by atoms with Gasteiger partial charge in [-0.2, -0.15) is 0 Å². The van der Waals surface area contributed by atoms with E-state index in [2.05, 4.69) is 5.32 Å². The van der Waals surface area contributed by atoms with Crippen molar-refractivity contribution in [3.05, 3.63) is 30.1 Å². The maximum absolute atomic E-state index is 12.7. The molecule has 1 rings (SSSR count). The Bertz CT molecular complexity index is 450. The Kier molecular flexibility index (Phi) is 7.08. The number of aliphatic carboxylic acids is 1. The molecule has 0 heterocycles. The standard InChI is InChI=1S/C14H18FNO3S/c1-2-3-12(14(18)19)16-13(17)8-9-20-11-6-4-10(15)5-7-11/h4-7,12H,2-3,8-9H2,1H3,(H,16,17)(H,18,19)/t12-/m0/s1. The Morgan fingerprint density at radius 1 is 1.35 bits per heavy atom. The molecule has 2 N–H and O–H groups in total. The van der Waals surface area contributed by atoms with Crippen LogP contribution in [0.15, 0.2) is 29.2 Å². The lowest BCUT2D eigenvalue weighted by Crippen LogP contribution is -2.40. The van der Waals surface area contributed by atoms with E-state index < -0.39 is 12.0 Å². The second-order valence-corrected chi connectivity index (χ2v) is 5.47. The van der Waals surface area contributed by atoms with Crippen LogP contribution in [0.25, 0.3) is 0 Å². The summed E-state index contributed by atoms with van der Waals surface area (Å²) in [5.74, 6) is -1.06. The van der Waals surface area contributed by atoms with Gasteiger partial charge in [0.05, 0.1) is 0 Å². The molecular weight excluding hydrogens is 281 g/mol. The van der Waals surface area contributed by atoms with E-state index in [0.717, 1.165) is 4.90 Å². The number of carbonyl (C=O) groups is 2. The fraction of sp³-hybridized carbons (Fsp3) is 0.429. The molecule has 0 bridgehead atoms. The number of halogens is 1. The summed E-state index contributed by atoms with van der Waals surface area (Å²) >= 11 is 1.43. The number of carboxylic acids is 1. The summed E-state index contributed by atoms with van der Waals surface area (Å²) in [4.78, 5) is 23.4. The first kappa shape index (κ1) is 16.5. The number of carboxylic acid groups (broad SMARTS) is 1. The molecule has 0 saturated carbocycles. The van der Waals surface area contributed by atoms with Gasteiger partial charge in [0.2, 0.25) is 5.91 Å². The van der Waals surface area contributed by atoms with E-state index in [9.17, 15) is 14.0 Å². The Morgan fingerprint density at radius 3 is 2.55 bits per heavy atom. The lowest BCUT2D eigenvalue weighted by Gasteiger charge is -2.13. The molecule has 1 aromatic carbocycles. The van der Waals surface area contributed by atoms with Gasteiger partial charge in [0.15, 0.2) is 0 Å². The number of hydrogen-bond donors (Lipinski definition) is 2. The summed E-state index contributed by atoms with van der Waals surface area (Å²) in [6.07, 6.45) is 1.35. The summed E-state index contributed by atoms with van der Waals surface area (Å²) < 4.78 is 12.7. The van der Waals surface area contributed by atoms with Crippen molar-refractivity contribution in [2.24, 2.45) is 0 Å². The van der Waals surface area contributed by atoms with Gasteiger partial charge >= 0.3 is 5.97 Å². The first-order chi connectivity index (χ1) is 9.52. The lowest BCUT2D eigenvalue weighted by molar-refractivity contribution is -0.142. The van der Waals surface area contributed by atoms with Crippen LogP contribution < -0.4 is 5.32 Å². The highest BCUT2D eigenvalue weighted by Gasteiger charge is 2.18. The van der Waals surface area contributed by atoms with Crippen LogP contribution in [0.5, 0.6) is 0 Å². The molecule has 1 amide bonds. The molecule has 4 nitrogen and oxygen atoms in total. The van der Waals surface area contributed by atoms with Crippen LogP contribution in [0.1, 0.15) is 26.2 Å². The third-order valence-electron chi connectivity index (χ3n) is 2.62. The topological polar surface area (TPSA) is 66.4 Å². The van der Waals surface area contributed by atoms with Gasteiger partial charge in [-0.05, 0) is 30.7 Å². The highest BCUT2D eigenvalue weighted by Crippen LogP contribution is 2.18. The molecule has 110 valence electrons. The third kappa shape index (κ3) is 6.06. The van der Waals surface area contributed by atoms with Crippen molar-refractivity contribution in [1.29, 1.82) is 0 Å². The summed E-state index contributed by atoms with van der Waals surface area (Å²) in [5, 5.41) is 11.4. The molecule has 0 aliphatic carbocycles. The summed E-state index contributed by atoms with van der Waals surface area (Å²) in [7, 11) is 0. The second-order valence-electron chi connectivity index (χ2n) is 4.30. The van der Waals surface area contributed by atoms with Crippen molar-refractivity contribution >= 4 is 23.6 Å². The molecule has 0 aliphatic heterocycles. The first-order valence-electron chi connectivity index (χ1n) is 6.43. The molecule has 0 unspecified atom stereocenters. The largest absolute Gasteiger partial charge is 0.480 e. The van der Waals surface area contributed by atoms with Crippen molar-refractivity contribution < 1.29 is 19.1 Å². The molecule has 20 heavy (non-hydrogen) atoms. The number of benzene rings is 1. The van der Waals surface area contributed by atoms with Gasteiger partial charge < -0.3 is 10.4 Å². The van der Waals surface area contributed by atoms with Crippen molar-refractivity contribution in [3.63, 3.8) is 0 Å². The molecular formula is C14H18FNO3S. The third-order valence-corrected chi connectivity index (χ3v) is 3.64. The minimum Gasteiger partial charge on any atom is -0.480 e. The number of thioether (sulfide) groups is 1. The zero-order chi connectivity index (χ0) is 15.0. The van der Waals surface area contributed by atoms with Crippen molar-refractivity contribution in [2.75, 3.05) is 5.75 Å². The maximum Gasteiger partial charge on any atom is 0.326 e. The van der Waals surface area contributed by atoms with Crippen LogP contribution in [0, 0.1) is 5.82 Å². The molecule has 0 radical (unpaired) electrons. The van der Waals surface area contributed by atoms with Crippen molar-refractivity contribution in [2.45, 2.75) is 37.1 Å². The van der Waals surface area contributed by atoms with E-state index in [1.54, 1.807) is 12.1 Å². The fourth-order valence-corrected chi connectivity index (χ4v) is 2.46. The Labute approximate surface area is 121 Å². The van der Waals surface area contributed by atoms with E-state index in [4.69, 9.17) is 5.11 Å². The summed E-state index contributed by atoms with van der Waals surface area (Å²) in [5.41, 5.74) is 0. The van der Waals surface area contributed by atoms with Crippen LogP contribution in [0.3, 0.4) is 0 Å². The minimum absolute atomic E-state index is 0.232. The predicted octanol–water partition coefficient (Wildman–Crippen LogP) is 2.68. The maximum atomic E-state index is 12.7. The van der Waals surface area contributed by atoms with Gasteiger partial charge in [-0.15, -0.1) is 11.8 Å². The number of rotatable bonds is 8. The highest BCUT2D eigenvalue weighted by molar-refractivity contribution is 7.99. The van der Waals surface area contributed by atoms with E-state index in [0.29, 0.717) is 18.6 Å². The van der Waals surface area contributed by atoms with Gasteiger partial charge in [-0.1, -0.05) is 13.3 Å². The number of amides is 1. The molecule has 0 aliphatic rings. The van der Waals surface area contributed by atoms with Crippen LogP contribution >= 0.6 is 11.8 Å². The lowest BCUT2D eigenvalue weighted by atomic mass is 10.1. The van der Waals surface area contributed by atoms with Crippen LogP contribution in [-0.2, 0) is 9.59 Å². The smallest absolute Gasteiger partial charge is 0.326 e. The van der Waals surface area contributed by atoms with Gasteiger partial charge in [-0.3, -0.25) is 4.79 Å².